The highest BCUT2D eigenvalue weighted by Gasteiger charge is 2.34. The molecule has 1 aliphatic rings. The minimum Gasteiger partial charge on any atom is -0.393 e. The van der Waals surface area contributed by atoms with E-state index in [1.165, 1.54) is 19.2 Å². The first kappa shape index (κ1) is 20.7. The van der Waals surface area contributed by atoms with Crippen LogP contribution >= 0.6 is 11.8 Å². The van der Waals surface area contributed by atoms with E-state index in [1.807, 2.05) is 0 Å². The zero-order chi connectivity index (χ0) is 20.3. The number of benzene rings is 1. The number of carbonyl (C=O) groups is 1. The van der Waals surface area contributed by atoms with Gasteiger partial charge in [-0.2, -0.15) is 0 Å². The minimum atomic E-state index is -1.92. The van der Waals surface area contributed by atoms with Crippen LogP contribution in [0.4, 0.5) is 13.6 Å². The van der Waals surface area contributed by atoms with Crippen LogP contribution in [-0.4, -0.2) is 44.9 Å². The van der Waals surface area contributed by atoms with Gasteiger partial charge in [-0.25, -0.2) is 18.7 Å². The Morgan fingerprint density at radius 1 is 1.36 bits per heavy atom. The average Bonchev–Trinajstić information content (AvgIpc) is 2.69. The van der Waals surface area contributed by atoms with Crippen molar-refractivity contribution in [2.75, 3.05) is 19.7 Å². The SMILES string of the molecule is Cc1ncc(C(C)(F)CO)c(C2CCN(C(=O)Sc3ccccc3F)CC2)n1. The van der Waals surface area contributed by atoms with E-state index in [1.54, 1.807) is 30.0 Å². The van der Waals surface area contributed by atoms with Crippen molar-refractivity contribution in [1.29, 1.82) is 0 Å². The van der Waals surface area contributed by atoms with E-state index in [-0.39, 0.29) is 11.2 Å². The largest absolute Gasteiger partial charge is 0.393 e. The molecule has 28 heavy (non-hydrogen) atoms. The smallest absolute Gasteiger partial charge is 0.286 e. The van der Waals surface area contributed by atoms with Gasteiger partial charge in [-0.05, 0) is 50.6 Å². The van der Waals surface area contributed by atoms with Crippen LogP contribution in [0.5, 0.6) is 0 Å². The maximum atomic E-state index is 14.8. The van der Waals surface area contributed by atoms with E-state index in [4.69, 9.17) is 0 Å². The average molecular weight is 407 g/mol. The highest BCUT2D eigenvalue weighted by atomic mass is 32.2. The van der Waals surface area contributed by atoms with Gasteiger partial charge in [0.05, 0.1) is 17.2 Å². The summed E-state index contributed by atoms with van der Waals surface area (Å²) >= 11 is 0.881. The van der Waals surface area contributed by atoms with Crippen LogP contribution in [0.3, 0.4) is 0 Å². The van der Waals surface area contributed by atoms with Crippen molar-refractivity contribution >= 4 is 17.0 Å². The predicted octanol–water partition coefficient (Wildman–Crippen LogP) is 4.19. The van der Waals surface area contributed by atoms with Gasteiger partial charge in [0.1, 0.15) is 11.6 Å². The summed E-state index contributed by atoms with van der Waals surface area (Å²) in [5, 5.41) is 9.20. The standard InChI is InChI=1S/C20H23F2N3O2S/c1-13-23-11-15(20(2,22)12-26)18(24-13)14-7-9-25(10-8-14)19(27)28-17-6-4-3-5-16(17)21/h3-6,11,14,26H,7-10,12H2,1-2H3. The minimum absolute atomic E-state index is 0.0270. The molecule has 150 valence electrons. The summed E-state index contributed by atoms with van der Waals surface area (Å²) in [6.07, 6.45) is 2.68. The Morgan fingerprint density at radius 2 is 2.04 bits per heavy atom. The van der Waals surface area contributed by atoms with Gasteiger partial charge in [0, 0.05) is 30.8 Å². The number of amides is 1. The first-order chi connectivity index (χ1) is 13.3. The van der Waals surface area contributed by atoms with Gasteiger partial charge in [0.25, 0.3) is 5.24 Å². The first-order valence-electron chi connectivity index (χ1n) is 9.17. The normalized spacial score (nSPS) is 17.4. The number of carbonyl (C=O) groups excluding carboxylic acids is 1. The number of hydrogen-bond acceptors (Lipinski definition) is 5. The van der Waals surface area contributed by atoms with Crippen molar-refractivity contribution in [2.45, 2.75) is 43.2 Å². The predicted molar refractivity (Wildman–Crippen MR) is 104 cm³/mol. The second kappa shape index (κ2) is 8.53. The van der Waals surface area contributed by atoms with E-state index in [0.29, 0.717) is 47.9 Å². The Bertz CT molecular complexity index is 855. The Morgan fingerprint density at radius 3 is 2.68 bits per heavy atom. The van der Waals surface area contributed by atoms with E-state index in [2.05, 4.69) is 9.97 Å². The third-order valence-electron chi connectivity index (χ3n) is 4.97. The second-order valence-corrected chi connectivity index (χ2v) is 8.12. The second-order valence-electron chi connectivity index (χ2n) is 7.13. The van der Waals surface area contributed by atoms with Crippen LogP contribution < -0.4 is 0 Å². The highest BCUT2D eigenvalue weighted by Crippen LogP contribution is 2.36. The number of aryl methyl sites for hydroxylation is 1. The molecule has 2 heterocycles. The highest BCUT2D eigenvalue weighted by molar-refractivity contribution is 8.13. The summed E-state index contributed by atoms with van der Waals surface area (Å²) < 4.78 is 28.5. The zero-order valence-corrected chi connectivity index (χ0v) is 16.7. The van der Waals surface area contributed by atoms with E-state index >= 15 is 0 Å². The summed E-state index contributed by atoms with van der Waals surface area (Å²) in [4.78, 5) is 23.0. The van der Waals surface area contributed by atoms with Crippen LogP contribution in [-0.2, 0) is 5.67 Å². The van der Waals surface area contributed by atoms with Crippen molar-refractivity contribution in [3.8, 4) is 0 Å². The molecule has 1 aromatic heterocycles. The van der Waals surface area contributed by atoms with E-state index in [0.717, 1.165) is 11.8 Å². The number of nitrogens with zero attached hydrogens (tertiary/aromatic N) is 3. The number of piperidine rings is 1. The van der Waals surface area contributed by atoms with Crippen molar-refractivity contribution in [2.24, 2.45) is 0 Å². The number of aliphatic hydroxyl groups excluding tert-OH is 1. The summed E-state index contributed by atoms with van der Waals surface area (Å²) in [6, 6.07) is 6.19. The lowest BCUT2D eigenvalue weighted by atomic mass is 9.86. The number of aliphatic hydroxyl groups is 1. The van der Waals surface area contributed by atoms with Crippen LogP contribution in [0, 0.1) is 12.7 Å². The quantitative estimate of drug-likeness (QED) is 0.770. The van der Waals surface area contributed by atoms with Crippen LogP contribution in [0.15, 0.2) is 35.4 Å². The maximum absolute atomic E-state index is 14.8. The molecular weight excluding hydrogens is 384 g/mol. The van der Waals surface area contributed by atoms with Gasteiger partial charge in [-0.1, -0.05) is 12.1 Å². The van der Waals surface area contributed by atoms with E-state index < -0.39 is 18.1 Å². The molecule has 1 aliphatic heterocycles. The molecule has 8 heteroatoms. The molecule has 0 saturated carbocycles. The lowest BCUT2D eigenvalue weighted by Crippen LogP contribution is -2.36. The maximum Gasteiger partial charge on any atom is 0.286 e. The fraction of sp³-hybridized carbons (Fsp3) is 0.450. The van der Waals surface area contributed by atoms with Crippen molar-refractivity contribution < 1.29 is 18.7 Å². The van der Waals surface area contributed by atoms with Crippen LogP contribution in [0.25, 0.3) is 0 Å². The van der Waals surface area contributed by atoms with Crippen LogP contribution in [0.2, 0.25) is 0 Å². The molecule has 1 aromatic carbocycles. The first-order valence-corrected chi connectivity index (χ1v) is 9.98. The zero-order valence-electron chi connectivity index (χ0n) is 15.9. The van der Waals surface area contributed by atoms with Gasteiger partial charge in [-0.15, -0.1) is 0 Å². The number of halogens is 2. The summed E-state index contributed by atoms with van der Waals surface area (Å²) in [5.74, 6) is 0.102. The third kappa shape index (κ3) is 4.50. The van der Waals surface area contributed by atoms with Crippen LogP contribution in [0.1, 0.15) is 42.8 Å². The summed E-state index contributed by atoms with van der Waals surface area (Å²) in [7, 11) is 0. The molecule has 1 N–H and O–H groups in total. The fourth-order valence-corrected chi connectivity index (χ4v) is 4.12. The number of hydrogen-bond donors (Lipinski definition) is 1. The van der Waals surface area contributed by atoms with Crippen molar-refractivity contribution in [3.63, 3.8) is 0 Å². The molecule has 0 radical (unpaired) electrons. The molecule has 1 unspecified atom stereocenters. The number of aromatic nitrogens is 2. The van der Waals surface area contributed by atoms with Gasteiger partial charge >= 0.3 is 0 Å². The summed E-state index contributed by atoms with van der Waals surface area (Å²) in [6.45, 7) is 3.37. The monoisotopic (exact) mass is 407 g/mol. The number of alkyl halides is 1. The molecule has 3 rings (SSSR count). The molecule has 0 bridgehead atoms. The molecule has 0 aliphatic carbocycles. The molecule has 5 nitrogen and oxygen atoms in total. The Balaban J connectivity index is 1.70. The van der Waals surface area contributed by atoms with Gasteiger partial charge < -0.3 is 10.0 Å². The van der Waals surface area contributed by atoms with Gasteiger partial charge in [-0.3, -0.25) is 4.79 Å². The number of rotatable bonds is 4. The molecule has 1 saturated heterocycles. The van der Waals surface area contributed by atoms with Crippen molar-refractivity contribution in [1.82, 2.24) is 14.9 Å². The van der Waals surface area contributed by atoms with E-state index in [9.17, 15) is 18.7 Å². The topological polar surface area (TPSA) is 66.3 Å². The third-order valence-corrected chi connectivity index (χ3v) is 5.95. The molecule has 1 atom stereocenters. The Kier molecular flexibility index (Phi) is 6.30. The summed E-state index contributed by atoms with van der Waals surface area (Å²) in [5.41, 5.74) is -1.03. The van der Waals surface area contributed by atoms with Gasteiger partial charge in [0.15, 0.2) is 5.67 Å². The van der Waals surface area contributed by atoms with Gasteiger partial charge in [0.2, 0.25) is 0 Å². The molecular formula is C20H23F2N3O2S. The molecule has 2 aromatic rings. The fourth-order valence-electron chi connectivity index (χ4n) is 3.31. The lowest BCUT2D eigenvalue weighted by Gasteiger charge is -2.33. The molecule has 0 spiro atoms. The molecule has 1 amide bonds. The number of thioether (sulfide) groups is 1. The Labute approximate surface area is 167 Å². The molecule has 1 fully saturated rings. The lowest BCUT2D eigenvalue weighted by molar-refractivity contribution is 0.0841. The number of likely N-dealkylation sites (tertiary alicyclic amines) is 1. The Hall–Kier alpha value is -2.06. The van der Waals surface area contributed by atoms with Crippen molar-refractivity contribution in [3.05, 3.63) is 53.4 Å².